The molecule has 0 unspecified atom stereocenters. The van der Waals surface area contributed by atoms with Gasteiger partial charge in [-0.3, -0.25) is 4.79 Å². The molecule has 2 aromatic rings. The Morgan fingerprint density at radius 2 is 2.21 bits per heavy atom. The van der Waals surface area contributed by atoms with Crippen LogP contribution in [0.2, 0.25) is 5.02 Å². The van der Waals surface area contributed by atoms with E-state index < -0.39 is 0 Å². The number of halogens is 1. The zero-order valence-electron chi connectivity index (χ0n) is 13.1. The molecule has 1 aliphatic heterocycles. The zero-order valence-corrected chi connectivity index (χ0v) is 13.9. The number of nitrogens with two attached hydrogens (primary N) is 1. The first-order chi connectivity index (χ1) is 11.6. The van der Waals surface area contributed by atoms with Crippen LogP contribution in [0.3, 0.4) is 0 Å². The van der Waals surface area contributed by atoms with Crippen LogP contribution in [0.4, 0.5) is 5.82 Å². The molecule has 124 valence electrons. The van der Waals surface area contributed by atoms with E-state index in [1.807, 2.05) is 24.3 Å². The number of nitrogen functional groups attached to an aromatic ring is 1. The molecule has 5 nitrogen and oxygen atoms in total. The maximum atomic E-state index is 12.1. The van der Waals surface area contributed by atoms with Crippen LogP contribution in [0.25, 0.3) is 11.1 Å². The summed E-state index contributed by atoms with van der Waals surface area (Å²) in [6, 6.07) is 9.20. The third-order valence-electron chi connectivity index (χ3n) is 4.01. The summed E-state index contributed by atoms with van der Waals surface area (Å²) in [7, 11) is 0. The number of amides is 1. The highest BCUT2D eigenvalue weighted by Crippen LogP contribution is 2.32. The summed E-state index contributed by atoms with van der Waals surface area (Å²) < 4.78 is 5.56. The number of carbonyl (C=O) groups excluding carboxylic acids is 1. The van der Waals surface area contributed by atoms with E-state index in [0.717, 1.165) is 16.7 Å². The zero-order chi connectivity index (χ0) is 17.1. The molecule has 2 N–H and O–H groups in total. The largest absolute Gasteiger partial charge is 0.384 e. The number of carbonyl (C=O) groups is 1. The van der Waals surface area contributed by atoms with Crippen molar-refractivity contribution in [1.82, 2.24) is 9.88 Å². The van der Waals surface area contributed by atoms with Gasteiger partial charge in [0, 0.05) is 17.8 Å². The third kappa shape index (κ3) is 3.42. The standard InChI is InChI=1S/C18H18ClN3O2/c1-2-18(23)22-5-6-24-11-16(22)14-7-13(8-15(19)9-14)12-3-4-21-17(20)10-12/h2-4,7-10,16H,1,5-6,11H2,(H2,20,21)/t16-/m0/s1. The molecule has 1 atom stereocenters. The van der Waals surface area contributed by atoms with E-state index in [2.05, 4.69) is 11.6 Å². The van der Waals surface area contributed by atoms with Gasteiger partial charge in [0.15, 0.2) is 0 Å². The van der Waals surface area contributed by atoms with Gasteiger partial charge in [-0.15, -0.1) is 0 Å². The number of aromatic nitrogens is 1. The van der Waals surface area contributed by atoms with Gasteiger partial charge in [-0.2, -0.15) is 0 Å². The van der Waals surface area contributed by atoms with Crippen LogP contribution in [0.15, 0.2) is 49.2 Å². The summed E-state index contributed by atoms with van der Waals surface area (Å²) in [5.41, 5.74) is 8.53. The number of hydrogen-bond donors (Lipinski definition) is 1. The molecular weight excluding hydrogens is 326 g/mol. The fraction of sp³-hybridized carbons (Fsp3) is 0.222. The molecule has 1 aromatic heterocycles. The Morgan fingerprint density at radius 1 is 1.38 bits per heavy atom. The smallest absolute Gasteiger partial charge is 0.246 e. The quantitative estimate of drug-likeness (QED) is 0.870. The number of rotatable bonds is 3. The van der Waals surface area contributed by atoms with E-state index in [4.69, 9.17) is 22.1 Å². The molecule has 0 radical (unpaired) electrons. The maximum Gasteiger partial charge on any atom is 0.246 e. The summed E-state index contributed by atoms with van der Waals surface area (Å²) in [5.74, 6) is 0.330. The highest BCUT2D eigenvalue weighted by atomic mass is 35.5. The lowest BCUT2D eigenvalue weighted by atomic mass is 9.98. The van der Waals surface area contributed by atoms with E-state index in [-0.39, 0.29) is 11.9 Å². The van der Waals surface area contributed by atoms with Crippen molar-refractivity contribution in [2.45, 2.75) is 6.04 Å². The molecule has 2 heterocycles. The minimum Gasteiger partial charge on any atom is -0.384 e. The molecule has 0 bridgehead atoms. The monoisotopic (exact) mass is 343 g/mol. The van der Waals surface area contributed by atoms with Gasteiger partial charge >= 0.3 is 0 Å². The molecule has 3 rings (SSSR count). The lowest BCUT2D eigenvalue weighted by molar-refractivity contribution is -0.134. The highest BCUT2D eigenvalue weighted by molar-refractivity contribution is 6.31. The Balaban J connectivity index is 2.01. The lowest BCUT2D eigenvalue weighted by Gasteiger charge is -2.35. The van der Waals surface area contributed by atoms with Gasteiger partial charge in [-0.05, 0) is 53.1 Å². The molecular formula is C18H18ClN3O2. The van der Waals surface area contributed by atoms with Gasteiger partial charge in [0.1, 0.15) is 5.82 Å². The van der Waals surface area contributed by atoms with Crippen LogP contribution in [-0.4, -0.2) is 35.5 Å². The number of benzene rings is 1. The number of pyridine rings is 1. The second-order valence-electron chi connectivity index (χ2n) is 5.57. The molecule has 0 aliphatic carbocycles. The molecule has 24 heavy (non-hydrogen) atoms. The Bertz CT molecular complexity index is 779. The molecule has 0 saturated carbocycles. The molecule has 1 aromatic carbocycles. The maximum absolute atomic E-state index is 12.1. The molecule has 1 saturated heterocycles. The number of nitrogens with zero attached hydrogens (tertiary/aromatic N) is 2. The summed E-state index contributed by atoms with van der Waals surface area (Å²) in [6.07, 6.45) is 2.98. The van der Waals surface area contributed by atoms with Crippen LogP contribution in [0.1, 0.15) is 11.6 Å². The van der Waals surface area contributed by atoms with E-state index in [1.165, 1.54) is 6.08 Å². The Morgan fingerprint density at radius 3 is 2.96 bits per heavy atom. The van der Waals surface area contributed by atoms with E-state index in [1.54, 1.807) is 17.2 Å². The van der Waals surface area contributed by atoms with Crippen molar-refractivity contribution >= 4 is 23.3 Å². The number of morpholine rings is 1. The SMILES string of the molecule is C=CC(=O)N1CCOC[C@H]1c1cc(Cl)cc(-c2ccnc(N)c2)c1. The lowest BCUT2D eigenvalue weighted by Crippen LogP contribution is -2.42. The van der Waals surface area contributed by atoms with Crippen LogP contribution in [-0.2, 0) is 9.53 Å². The van der Waals surface area contributed by atoms with Crippen LogP contribution < -0.4 is 5.73 Å². The van der Waals surface area contributed by atoms with E-state index >= 15 is 0 Å². The van der Waals surface area contributed by atoms with Crippen molar-refractivity contribution in [1.29, 1.82) is 0 Å². The summed E-state index contributed by atoms with van der Waals surface area (Å²) in [6.45, 7) is 5.05. The van der Waals surface area contributed by atoms with Crippen molar-refractivity contribution in [2.24, 2.45) is 0 Å². The fourth-order valence-corrected chi connectivity index (χ4v) is 3.10. The first-order valence-corrected chi connectivity index (χ1v) is 7.99. The number of ether oxygens (including phenoxy) is 1. The van der Waals surface area contributed by atoms with E-state index in [0.29, 0.717) is 30.6 Å². The topological polar surface area (TPSA) is 68.5 Å². The first-order valence-electron chi connectivity index (χ1n) is 7.61. The van der Waals surface area contributed by atoms with Crippen molar-refractivity contribution in [3.63, 3.8) is 0 Å². The van der Waals surface area contributed by atoms with Crippen molar-refractivity contribution in [3.05, 3.63) is 59.8 Å². The van der Waals surface area contributed by atoms with Gasteiger partial charge in [-0.1, -0.05) is 18.2 Å². The second kappa shape index (κ2) is 7.03. The van der Waals surface area contributed by atoms with Gasteiger partial charge in [0.25, 0.3) is 0 Å². The van der Waals surface area contributed by atoms with Crippen molar-refractivity contribution < 1.29 is 9.53 Å². The average Bonchev–Trinajstić information content (AvgIpc) is 2.60. The minimum absolute atomic E-state index is 0.113. The Kier molecular flexibility index (Phi) is 4.83. The van der Waals surface area contributed by atoms with Crippen molar-refractivity contribution in [3.8, 4) is 11.1 Å². The molecule has 0 spiro atoms. The minimum atomic E-state index is -0.194. The van der Waals surface area contributed by atoms with Crippen LogP contribution >= 0.6 is 11.6 Å². The van der Waals surface area contributed by atoms with Gasteiger partial charge in [0.2, 0.25) is 5.91 Å². The first kappa shape index (κ1) is 16.5. The van der Waals surface area contributed by atoms with Gasteiger partial charge < -0.3 is 15.4 Å². The predicted octanol–water partition coefficient (Wildman–Crippen LogP) is 3.07. The normalized spacial score (nSPS) is 17.5. The fourth-order valence-electron chi connectivity index (χ4n) is 2.86. The highest BCUT2D eigenvalue weighted by Gasteiger charge is 2.27. The number of anilines is 1. The van der Waals surface area contributed by atoms with Crippen LogP contribution in [0, 0.1) is 0 Å². The van der Waals surface area contributed by atoms with Crippen molar-refractivity contribution in [2.75, 3.05) is 25.5 Å². The molecule has 1 aliphatic rings. The third-order valence-corrected chi connectivity index (χ3v) is 4.22. The molecule has 1 fully saturated rings. The predicted molar refractivity (Wildman–Crippen MR) is 94.6 cm³/mol. The van der Waals surface area contributed by atoms with Crippen LogP contribution in [0.5, 0.6) is 0 Å². The van der Waals surface area contributed by atoms with Gasteiger partial charge in [0.05, 0.1) is 19.3 Å². The molecule has 1 amide bonds. The average molecular weight is 344 g/mol. The second-order valence-corrected chi connectivity index (χ2v) is 6.01. The van der Waals surface area contributed by atoms with E-state index in [9.17, 15) is 4.79 Å². The summed E-state index contributed by atoms with van der Waals surface area (Å²) in [5, 5.41) is 0.592. The Labute approximate surface area is 145 Å². The molecule has 6 heteroatoms. The Hall–Kier alpha value is -2.37. The number of hydrogen-bond acceptors (Lipinski definition) is 4. The summed E-state index contributed by atoms with van der Waals surface area (Å²) in [4.78, 5) is 17.9. The van der Waals surface area contributed by atoms with Gasteiger partial charge in [-0.25, -0.2) is 4.98 Å². The summed E-state index contributed by atoms with van der Waals surface area (Å²) >= 11 is 6.31.